The number of nitrogen functional groups attached to an aromatic ring is 1. The lowest BCUT2D eigenvalue weighted by atomic mass is 10.1. The molecule has 7 heteroatoms. The first-order valence-electron chi connectivity index (χ1n) is 6.60. The summed E-state index contributed by atoms with van der Waals surface area (Å²) < 4.78 is 1.54. The van der Waals surface area contributed by atoms with Crippen LogP contribution in [0.4, 0.5) is 5.69 Å². The maximum atomic E-state index is 12.8. The molecule has 0 aliphatic heterocycles. The number of hydrogen-bond donors (Lipinski definition) is 2. The van der Waals surface area contributed by atoms with Crippen LogP contribution in [-0.2, 0) is 0 Å². The molecule has 0 spiro atoms. The van der Waals surface area contributed by atoms with Gasteiger partial charge in [-0.05, 0) is 30.3 Å². The van der Waals surface area contributed by atoms with E-state index >= 15 is 0 Å². The zero-order valence-electron chi connectivity index (χ0n) is 11.7. The number of halogens is 2. The summed E-state index contributed by atoms with van der Waals surface area (Å²) in [7, 11) is 0. The van der Waals surface area contributed by atoms with E-state index in [1.54, 1.807) is 34.9 Å². The Morgan fingerprint density at radius 3 is 2.43 bits per heavy atom. The average molecular weight is 348 g/mol. The SMILES string of the molecule is NC(=O)c1c(N)c(C(=O)c2ccc(Cl)c(Cl)c2)n2ccccc12. The van der Waals surface area contributed by atoms with E-state index in [2.05, 4.69) is 0 Å². The van der Waals surface area contributed by atoms with Crippen molar-refractivity contribution in [1.82, 2.24) is 4.40 Å². The van der Waals surface area contributed by atoms with Gasteiger partial charge in [0.15, 0.2) is 0 Å². The van der Waals surface area contributed by atoms with Gasteiger partial charge in [-0.25, -0.2) is 0 Å². The number of ketones is 1. The molecule has 0 radical (unpaired) electrons. The molecule has 1 amide bonds. The molecular weight excluding hydrogens is 337 g/mol. The van der Waals surface area contributed by atoms with Crippen molar-refractivity contribution >= 4 is 46.1 Å². The summed E-state index contributed by atoms with van der Waals surface area (Å²) in [6.07, 6.45) is 1.64. The second-order valence-electron chi connectivity index (χ2n) is 4.92. The fraction of sp³-hybridized carbons (Fsp3) is 0. The number of nitrogens with zero attached hydrogens (tertiary/aromatic N) is 1. The zero-order chi connectivity index (χ0) is 16.7. The highest BCUT2D eigenvalue weighted by Gasteiger charge is 2.25. The van der Waals surface area contributed by atoms with E-state index in [4.69, 9.17) is 34.7 Å². The predicted molar refractivity (Wildman–Crippen MR) is 90.2 cm³/mol. The monoisotopic (exact) mass is 347 g/mol. The number of rotatable bonds is 3. The van der Waals surface area contributed by atoms with Gasteiger partial charge in [-0.2, -0.15) is 0 Å². The topological polar surface area (TPSA) is 90.6 Å². The Balaban J connectivity index is 2.27. The van der Waals surface area contributed by atoms with Gasteiger partial charge in [0.25, 0.3) is 5.91 Å². The highest BCUT2D eigenvalue weighted by atomic mass is 35.5. The van der Waals surface area contributed by atoms with Crippen LogP contribution in [-0.4, -0.2) is 16.1 Å². The number of carbonyl (C=O) groups is 2. The molecule has 0 bridgehead atoms. The molecule has 0 unspecified atom stereocenters. The van der Waals surface area contributed by atoms with Crippen molar-refractivity contribution in [3.8, 4) is 0 Å². The number of carbonyl (C=O) groups excluding carboxylic acids is 2. The molecule has 0 atom stereocenters. The molecule has 5 nitrogen and oxygen atoms in total. The minimum atomic E-state index is -0.695. The summed E-state index contributed by atoms with van der Waals surface area (Å²) in [4.78, 5) is 24.5. The second kappa shape index (κ2) is 5.61. The maximum Gasteiger partial charge on any atom is 0.253 e. The van der Waals surface area contributed by atoms with Crippen LogP contribution in [0, 0.1) is 0 Å². The fourth-order valence-electron chi connectivity index (χ4n) is 2.49. The van der Waals surface area contributed by atoms with Gasteiger partial charge >= 0.3 is 0 Å². The van der Waals surface area contributed by atoms with Gasteiger partial charge in [0.05, 0.1) is 26.8 Å². The maximum absolute atomic E-state index is 12.8. The summed E-state index contributed by atoms with van der Waals surface area (Å²) in [5.41, 5.74) is 12.5. The average Bonchev–Trinajstić information content (AvgIpc) is 2.81. The van der Waals surface area contributed by atoms with Gasteiger partial charge in [-0.15, -0.1) is 0 Å². The summed E-state index contributed by atoms with van der Waals surface area (Å²) in [6.45, 7) is 0. The van der Waals surface area contributed by atoms with Crippen LogP contribution in [0.25, 0.3) is 5.52 Å². The quantitative estimate of drug-likeness (QED) is 0.713. The number of hydrogen-bond acceptors (Lipinski definition) is 3. The van der Waals surface area contributed by atoms with Crippen molar-refractivity contribution in [3.63, 3.8) is 0 Å². The third-order valence-corrected chi connectivity index (χ3v) is 4.26. The molecular formula is C16H11Cl2N3O2. The van der Waals surface area contributed by atoms with Crippen LogP contribution in [0.5, 0.6) is 0 Å². The number of pyridine rings is 1. The Morgan fingerprint density at radius 2 is 1.78 bits per heavy atom. The molecule has 3 rings (SSSR count). The van der Waals surface area contributed by atoms with E-state index in [1.807, 2.05) is 0 Å². The van der Waals surface area contributed by atoms with Crippen LogP contribution in [0.3, 0.4) is 0 Å². The molecule has 3 aromatic rings. The Morgan fingerprint density at radius 1 is 1.04 bits per heavy atom. The fourth-order valence-corrected chi connectivity index (χ4v) is 2.79. The molecule has 0 fully saturated rings. The Labute approximate surface area is 141 Å². The first-order chi connectivity index (χ1) is 10.9. The molecule has 116 valence electrons. The van der Waals surface area contributed by atoms with Crippen molar-refractivity contribution in [2.24, 2.45) is 5.73 Å². The number of benzene rings is 1. The van der Waals surface area contributed by atoms with Crippen molar-refractivity contribution in [2.45, 2.75) is 0 Å². The molecule has 2 aromatic heterocycles. The minimum Gasteiger partial charge on any atom is -0.396 e. The lowest BCUT2D eigenvalue weighted by Crippen LogP contribution is -2.13. The Hall–Kier alpha value is -2.50. The van der Waals surface area contributed by atoms with E-state index in [-0.39, 0.29) is 27.8 Å². The second-order valence-corrected chi connectivity index (χ2v) is 5.73. The number of fused-ring (bicyclic) bond motifs is 1. The zero-order valence-corrected chi connectivity index (χ0v) is 13.2. The first kappa shape index (κ1) is 15.4. The van der Waals surface area contributed by atoms with E-state index in [1.165, 1.54) is 12.1 Å². The molecule has 4 N–H and O–H groups in total. The largest absolute Gasteiger partial charge is 0.396 e. The van der Waals surface area contributed by atoms with Crippen molar-refractivity contribution in [3.05, 3.63) is 69.5 Å². The molecule has 23 heavy (non-hydrogen) atoms. The van der Waals surface area contributed by atoms with Crippen LogP contribution in [0.2, 0.25) is 10.0 Å². The van der Waals surface area contributed by atoms with E-state index < -0.39 is 5.91 Å². The van der Waals surface area contributed by atoms with Crippen molar-refractivity contribution in [2.75, 3.05) is 5.73 Å². The first-order valence-corrected chi connectivity index (χ1v) is 7.35. The van der Waals surface area contributed by atoms with Gasteiger partial charge in [-0.3, -0.25) is 9.59 Å². The standard InChI is InChI=1S/C16H11Cl2N3O2/c17-9-5-4-8(7-10(9)18)15(22)14-13(19)12(16(20)23)11-3-1-2-6-21(11)14/h1-7H,19H2,(H2,20,23). The van der Waals surface area contributed by atoms with Gasteiger partial charge < -0.3 is 15.9 Å². The molecule has 0 aliphatic carbocycles. The molecule has 0 saturated heterocycles. The summed E-state index contributed by atoms with van der Waals surface area (Å²) in [5, 5.41) is 0.598. The highest BCUT2D eigenvalue weighted by Crippen LogP contribution is 2.29. The van der Waals surface area contributed by atoms with E-state index in [9.17, 15) is 9.59 Å². The molecule has 0 saturated carbocycles. The molecule has 0 aliphatic rings. The van der Waals surface area contributed by atoms with E-state index in [0.717, 1.165) is 0 Å². The summed E-state index contributed by atoms with van der Waals surface area (Å²) in [6, 6.07) is 9.65. The Bertz CT molecular complexity index is 963. The van der Waals surface area contributed by atoms with Gasteiger partial charge in [0, 0.05) is 11.8 Å². The summed E-state index contributed by atoms with van der Waals surface area (Å²) >= 11 is 11.8. The van der Waals surface area contributed by atoms with Gasteiger partial charge in [0.1, 0.15) is 5.69 Å². The Kier molecular flexibility index (Phi) is 3.75. The third-order valence-electron chi connectivity index (χ3n) is 3.52. The normalized spacial score (nSPS) is 10.9. The number of amides is 1. The van der Waals surface area contributed by atoms with Crippen molar-refractivity contribution in [1.29, 1.82) is 0 Å². The number of aromatic nitrogens is 1. The van der Waals surface area contributed by atoms with E-state index in [0.29, 0.717) is 16.1 Å². The number of primary amides is 1. The van der Waals surface area contributed by atoms with Crippen LogP contribution >= 0.6 is 23.2 Å². The van der Waals surface area contributed by atoms with Gasteiger partial charge in [-0.1, -0.05) is 29.3 Å². The minimum absolute atomic E-state index is 0.0415. The lowest BCUT2D eigenvalue weighted by Gasteiger charge is -2.05. The molecule has 1 aromatic carbocycles. The van der Waals surface area contributed by atoms with Gasteiger partial charge in [0.2, 0.25) is 5.78 Å². The number of nitrogens with two attached hydrogens (primary N) is 2. The van der Waals surface area contributed by atoms with Crippen LogP contribution < -0.4 is 11.5 Å². The van der Waals surface area contributed by atoms with Crippen LogP contribution in [0.1, 0.15) is 26.4 Å². The smallest absolute Gasteiger partial charge is 0.253 e. The third kappa shape index (κ3) is 2.44. The van der Waals surface area contributed by atoms with Crippen LogP contribution in [0.15, 0.2) is 42.6 Å². The summed E-state index contributed by atoms with van der Waals surface area (Å²) in [5.74, 6) is -1.07. The van der Waals surface area contributed by atoms with Crippen molar-refractivity contribution < 1.29 is 9.59 Å². The number of anilines is 1. The highest BCUT2D eigenvalue weighted by molar-refractivity contribution is 6.42. The predicted octanol–water partition coefficient (Wildman–Crippen LogP) is 3.16. The lowest BCUT2D eigenvalue weighted by molar-refractivity contribution is 0.100. The molecule has 2 heterocycles.